The zero-order valence-electron chi connectivity index (χ0n) is 11.7. The largest absolute Gasteiger partial charge is 0.368 e. The second-order valence-electron chi connectivity index (χ2n) is 5.81. The summed E-state index contributed by atoms with van der Waals surface area (Å²) in [7, 11) is 1.18. The van der Waals surface area contributed by atoms with Crippen LogP contribution in [-0.2, 0) is 9.53 Å². The smallest absolute Gasteiger partial charge is 0.151 e. The molecule has 16 heavy (non-hydrogen) atoms. The number of carbonyl (C=O) groups is 1. The molecule has 0 bridgehead atoms. The fourth-order valence-corrected chi connectivity index (χ4v) is 1.92. The van der Waals surface area contributed by atoms with Crippen molar-refractivity contribution in [3.05, 3.63) is 0 Å². The fraction of sp³-hybridized carbons (Fsp3) is 0.923. The molecule has 2 nitrogen and oxygen atoms in total. The monoisotopic (exact) mass is 226 g/mol. The average molecular weight is 226 g/mol. The second kappa shape index (κ2) is 7.11. The van der Waals surface area contributed by atoms with Crippen molar-refractivity contribution in [2.75, 3.05) is 6.61 Å². The van der Waals surface area contributed by atoms with E-state index < -0.39 is 5.60 Å². The maximum Gasteiger partial charge on any atom is 0.151 e. The number of carbonyl (C=O) groups excluding carboxylic acids is 1. The molecule has 0 spiro atoms. The van der Waals surface area contributed by atoms with Crippen molar-refractivity contribution < 1.29 is 9.53 Å². The summed E-state index contributed by atoms with van der Waals surface area (Å²) < 4.78 is 5.64. The van der Waals surface area contributed by atoms with Gasteiger partial charge in [0.25, 0.3) is 0 Å². The SMILES string of the molecule is CBC(CC(C)C)C(C)COC(C)(C)C=O. The summed E-state index contributed by atoms with van der Waals surface area (Å²) in [5, 5.41) is 0. The Morgan fingerprint density at radius 1 is 1.31 bits per heavy atom. The van der Waals surface area contributed by atoms with E-state index in [1.807, 2.05) is 13.8 Å². The first-order valence-corrected chi connectivity index (χ1v) is 6.42. The van der Waals surface area contributed by atoms with Gasteiger partial charge in [0.05, 0.1) is 6.61 Å². The Kier molecular flexibility index (Phi) is 6.97. The highest BCUT2D eigenvalue weighted by atomic mass is 16.5. The molecule has 0 aromatic rings. The van der Waals surface area contributed by atoms with Gasteiger partial charge in [0.1, 0.15) is 12.9 Å². The topological polar surface area (TPSA) is 26.3 Å². The predicted octanol–water partition coefficient (Wildman–Crippen LogP) is 2.94. The molecule has 0 rings (SSSR count). The Balaban J connectivity index is 4.11. The number of hydrogen-bond acceptors (Lipinski definition) is 2. The molecular formula is C13H27BO2. The molecule has 0 heterocycles. The standard InChI is InChI=1S/C13H27BO2/c1-10(2)7-12(14-6)11(3)8-16-13(4,5)9-15/h9-12,14H,7-8H2,1-6H3. The highest BCUT2D eigenvalue weighted by Crippen LogP contribution is 2.26. The van der Waals surface area contributed by atoms with E-state index in [1.165, 1.54) is 13.7 Å². The van der Waals surface area contributed by atoms with Crippen LogP contribution in [0, 0.1) is 11.8 Å². The average Bonchev–Trinajstić information content (AvgIpc) is 2.22. The molecule has 0 aliphatic heterocycles. The molecule has 0 fully saturated rings. The predicted molar refractivity (Wildman–Crippen MR) is 71.5 cm³/mol. The van der Waals surface area contributed by atoms with Crippen LogP contribution in [0.15, 0.2) is 0 Å². The fourth-order valence-electron chi connectivity index (χ4n) is 1.92. The maximum absolute atomic E-state index is 10.7. The third kappa shape index (κ3) is 6.31. The van der Waals surface area contributed by atoms with Crippen molar-refractivity contribution in [1.82, 2.24) is 0 Å². The van der Waals surface area contributed by atoms with Crippen LogP contribution in [0.25, 0.3) is 0 Å². The van der Waals surface area contributed by atoms with Crippen LogP contribution in [0.1, 0.15) is 41.0 Å². The Morgan fingerprint density at radius 2 is 1.88 bits per heavy atom. The number of rotatable bonds is 8. The van der Waals surface area contributed by atoms with Gasteiger partial charge in [-0.25, -0.2) is 0 Å². The van der Waals surface area contributed by atoms with Crippen molar-refractivity contribution in [2.45, 2.75) is 59.3 Å². The summed E-state index contributed by atoms with van der Waals surface area (Å²) in [5.74, 6) is 1.94. The van der Waals surface area contributed by atoms with Crippen LogP contribution in [0.5, 0.6) is 0 Å². The van der Waals surface area contributed by atoms with Gasteiger partial charge in [0.15, 0.2) is 6.29 Å². The lowest BCUT2D eigenvalue weighted by molar-refractivity contribution is -0.128. The minimum absolute atomic E-state index is 0.520. The quantitative estimate of drug-likeness (QED) is 0.470. The van der Waals surface area contributed by atoms with Gasteiger partial charge in [-0.05, 0) is 25.7 Å². The van der Waals surface area contributed by atoms with Crippen molar-refractivity contribution in [3.8, 4) is 0 Å². The molecule has 0 saturated carbocycles. The lowest BCUT2D eigenvalue weighted by atomic mass is 9.59. The molecular weight excluding hydrogens is 199 g/mol. The van der Waals surface area contributed by atoms with E-state index in [-0.39, 0.29) is 0 Å². The van der Waals surface area contributed by atoms with E-state index in [0.717, 1.165) is 12.2 Å². The van der Waals surface area contributed by atoms with Crippen LogP contribution in [0.4, 0.5) is 0 Å². The van der Waals surface area contributed by atoms with Crippen molar-refractivity contribution in [3.63, 3.8) is 0 Å². The van der Waals surface area contributed by atoms with Crippen molar-refractivity contribution in [1.29, 1.82) is 0 Å². The highest BCUT2D eigenvalue weighted by Gasteiger charge is 2.22. The molecule has 0 aromatic carbocycles. The Bertz CT molecular complexity index is 202. The normalized spacial score (nSPS) is 15.9. The van der Waals surface area contributed by atoms with Crippen LogP contribution in [0.3, 0.4) is 0 Å². The maximum atomic E-state index is 10.7. The van der Waals surface area contributed by atoms with E-state index in [1.54, 1.807) is 0 Å². The summed E-state index contributed by atoms with van der Waals surface area (Å²) in [6.45, 7) is 13.3. The Hall–Kier alpha value is -0.305. The van der Waals surface area contributed by atoms with Crippen LogP contribution in [-0.4, -0.2) is 25.8 Å². The highest BCUT2D eigenvalue weighted by molar-refractivity contribution is 6.35. The van der Waals surface area contributed by atoms with Gasteiger partial charge in [-0.1, -0.05) is 39.8 Å². The summed E-state index contributed by atoms with van der Waals surface area (Å²) >= 11 is 0. The molecule has 0 saturated heterocycles. The molecule has 2 unspecified atom stereocenters. The lowest BCUT2D eigenvalue weighted by Crippen LogP contribution is -2.30. The molecule has 0 aliphatic rings. The van der Waals surface area contributed by atoms with Crippen LogP contribution in [0.2, 0.25) is 12.6 Å². The summed E-state index contributed by atoms with van der Waals surface area (Å²) in [4.78, 5) is 10.7. The zero-order valence-corrected chi connectivity index (χ0v) is 11.7. The molecule has 0 aromatic heterocycles. The van der Waals surface area contributed by atoms with E-state index >= 15 is 0 Å². The van der Waals surface area contributed by atoms with Crippen LogP contribution < -0.4 is 0 Å². The first kappa shape index (κ1) is 15.7. The van der Waals surface area contributed by atoms with Crippen LogP contribution >= 0.6 is 0 Å². The molecule has 94 valence electrons. The minimum atomic E-state index is -0.635. The van der Waals surface area contributed by atoms with Gasteiger partial charge in [-0.3, -0.25) is 0 Å². The van der Waals surface area contributed by atoms with Gasteiger partial charge in [-0.2, -0.15) is 0 Å². The van der Waals surface area contributed by atoms with Gasteiger partial charge in [0.2, 0.25) is 0 Å². The molecule has 2 atom stereocenters. The van der Waals surface area contributed by atoms with Crippen molar-refractivity contribution in [2.24, 2.45) is 11.8 Å². The Morgan fingerprint density at radius 3 is 2.25 bits per heavy atom. The number of ether oxygens (including phenoxy) is 1. The molecule has 0 radical (unpaired) electrons. The molecule has 0 aliphatic carbocycles. The third-order valence-electron chi connectivity index (χ3n) is 3.11. The van der Waals surface area contributed by atoms with Crippen molar-refractivity contribution >= 4 is 13.6 Å². The zero-order chi connectivity index (χ0) is 12.8. The first-order chi connectivity index (χ1) is 7.32. The summed E-state index contributed by atoms with van der Waals surface area (Å²) in [6, 6.07) is 0. The van der Waals surface area contributed by atoms with E-state index in [0.29, 0.717) is 18.3 Å². The third-order valence-corrected chi connectivity index (χ3v) is 3.11. The first-order valence-electron chi connectivity index (χ1n) is 6.42. The van der Waals surface area contributed by atoms with Gasteiger partial charge < -0.3 is 9.53 Å². The van der Waals surface area contributed by atoms with Gasteiger partial charge in [0, 0.05) is 0 Å². The minimum Gasteiger partial charge on any atom is -0.368 e. The Labute approximate surface area is 101 Å². The number of aldehydes is 1. The molecule has 0 amide bonds. The molecule has 3 heteroatoms. The van der Waals surface area contributed by atoms with Gasteiger partial charge in [-0.15, -0.1) is 0 Å². The lowest BCUT2D eigenvalue weighted by Gasteiger charge is -2.27. The van der Waals surface area contributed by atoms with E-state index in [2.05, 4.69) is 27.6 Å². The summed E-state index contributed by atoms with van der Waals surface area (Å²) in [6.07, 6.45) is 2.12. The second-order valence-corrected chi connectivity index (χ2v) is 5.81. The number of hydrogen-bond donors (Lipinski definition) is 0. The molecule has 0 N–H and O–H groups in total. The van der Waals surface area contributed by atoms with Gasteiger partial charge >= 0.3 is 0 Å². The van der Waals surface area contributed by atoms with E-state index in [9.17, 15) is 4.79 Å². The van der Waals surface area contributed by atoms with E-state index in [4.69, 9.17) is 4.74 Å². The summed E-state index contributed by atoms with van der Waals surface area (Å²) in [5.41, 5.74) is -0.635.